The van der Waals surface area contributed by atoms with Gasteiger partial charge in [0.15, 0.2) is 5.78 Å². The molecule has 1 heterocycles. The van der Waals surface area contributed by atoms with E-state index in [2.05, 4.69) is 26.2 Å². The van der Waals surface area contributed by atoms with Crippen molar-refractivity contribution in [3.8, 4) is 0 Å². The number of anilines is 1. The number of aromatic nitrogens is 1. The van der Waals surface area contributed by atoms with E-state index in [1.165, 1.54) is 13.1 Å². The van der Waals surface area contributed by atoms with Crippen molar-refractivity contribution in [2.45, 2.75) is 6.92 Å². The van der Waals surface area contributed by atoms with E-state index in [-0.39, 0.29) is 17.0 Å². The zero-order valence-corrected chi connectivity index (χ0v) is 9.17. The van der Waals surface area contributed by atoms with Gasteiger partial charge in [0, 0.05) is 18.7 Å². The van der Waals surface area contributed by atoms with Gasteiger partial charge in [-0.05, 0) is 12.1 Å². The van der Waals surface area contributed by atoms with Crippen LogP contribution >= 0.6 is 15.9 Å². The Balaban J connectivity index is 2.78. The Morgan fingerprint density at radius 2 is 2.21 bits per heavy atom. The maximum absolute atomic E-state index is 11.2. The number of rotatable bonds is 3. The van der Waals surface area contributed by atoms with Crippen LogP contribution in [0.15, 0.2) is 18.3 Å². The Morgan fingerprint density at radius 3 is 2.64 bits per heavy atom. The van der Waals surface area contributed by atoms with E-state index in [4.69, 9.17) is 0 Å². The summed E-state index contributed by atoms with van der Waals surface area (Å²) in [7, 11) is 0. The van der Waals surface area contributed by atoms with Crippen LogP contribution in [0.3, 0.4) is 0 Å². The Morgan fingerprint density at radius 1 is 1.50 bits per heavy atom. The summed E-state index contributed by atoms with van der Waals surface area (Å²) >= 11 is 3.06. The van der Waals surface area contributed by atoms with Gasteiger partial charge in [0.25, 0.3) is 0 Å². The summed E-state index contributed by atoms with van der Waals surface area (Å²) in [6, 6.07) is 3.22. The molecule has 0 fully saturated rings. The van der Waals surface area contributed by atoms with Crippen molar-refractivity contribution in [3.63, 3.8) is 0 Å². The lowest BCUT2D eigenvalue weighted by atomic mass is 10.2. The molecule has 0 aromatic carbocycles. The van der Waals surface area contributed by atoms with Crippen molar-refractivity contribution < 1.29 is 9.59 Å². The lowest BCUT2D eigenvalue weighted by Gasteiger charge is -2.01. The third-order valence-corrected chi connectivity index (χ3v) is 2.02. The first kappa shape index (κ1) is 10.8. The fourth-order valence-corrected chi connectivity index (χ4v) is 1.21. The minimum absolute atomic E-state index is 0.0353. The molecule has 0 bridgehead atoms. The standard InChI is InChI=1S/C9H9BrN2O2/c1-6(13)12-9-3-2-7(5-11-9)8(14)4-10/h2-3,5H,4H2,1H3,(H,11,12,13). The predicted octanol–water partition coefficient (Wildman–Crippen LogP) is 1.62. The van der Waals surface area contributed by atoms with Crippen molar-refractivity contribution in [1.29, 1.82) is 0 Å². The zero-order chi connectivity index (χ0) is 10.6. The molecule has 1 aromatic rings. The molecule has 0 aliphatic heterocycles. The second-order valence-electron chi connectivity index (χ2n) is 2.67. The van der Waals surface area contributed by atoms with E-state index in [0.717, 1.165) is 0 Å². The molecular weight excluding hydrogens is 248 g/mol. The summed E-state index contributed by atoms with van der Waals surface area (Å²) in [5.74, 6) is 0.229. The number of carbonyl (C=O) groups excluding carboxylic acids is 2. The van der Waals surface area contributed by atoms with Gasteiger partial charge in [-0.2, -0.15) is 0 Å². The van der Waals surface area contributed by atoms with Crippen molar-refractivity contribution in [3.05, 3.63) is 23.9 Å². The fourth-order valence-electron chi connectivity index (χ4n) is 0.890. The normalized spacial score (nSPS) is 9.57. The SMILES string of the molecule is CC(=O)Nc1ccc(C(=O)CBr)cn1. The number of nitrogens with one attached hydrogen (secondary N) is 1. The number of Topliss-reactive ketones (excluding diaryl/α,β-unsaturated/α-hetero) is 1. The largest absolute Gasteiger partial charge is 0.311 e. The Labute approximate surface area is 89.9 Å². The number of alkyl halides is 1. The fraction of sp³-hybridized carbons (Fsp3) is 0.222. The van der Waals surface area contributed by atoms with Crippen LogP contribution in [0, 0.1) is 0 Å². The highest BCUT2D eigenvalue weighted by molar-refractivity contribution is 9.09. The Kier molecular flexibility index (Phi) is 3.76. The highest BCUT2D eigenvalue weighted by atomic mass is 79.9. The molecule has 1 aromatic heterocycles. The molecule has 1 N–H and O–H groups in total. The van der Waals surface area contributed by atoms with E-state index >= 15 is 0 Å². The van der Waals surface area contributed by atoms with Crippen LogP contribution in [0.2, 0.25) is 0 Å². The van der Waals surface area contributed by atoms with Gasteiger partial charge in [-0.15, -0.1) is 0 Å². The number of nitrogens with zero attached hydrogens (tertiary/aromatic N) is 1. The third-order valence-electron chi connectivity index (χ3n) is 1.51. The molecule has 0 aliphatic rings. The second kappa shape index (κ2) is 4.85. The highest BCUT2D eigenvalue weighted by Gasteiger charge is 2.04. The zero-order valence-electron chi connectivity index (χ0n) is 7.58. The number of hydrogen-bond donors (Lipinski definition) is 1. The van der Waals surface area contributed by atoms with E-state index in [0.29, 0.717) is 11.4 Å². The van der Waals surface area contributed by atoms with Gasteiger partial charge in [-0.1, -0.05) is 15.9 Å². The summed E-state index contributed by atoms with van der Waals surface area (Å²) in [6.45, 7) is 1.40. The monoisotopic (exact) mass is 256 g/mol. The number of hydrogen-bond acceptors (Lipinski definition) is 3. The van der Waals surface area contributed by atoms with Crippen LogP contribution in [0.4, 0.5) is 5.82 Å². The topological polar surface area (TPSA) is 59.1 Å². The maximum Gasteiger partial charge on any atom is 0.222 e. The van der Waals surface area contributed by atoms with Crippen LogP contribution in [0.1, 0.15) is 17.3 Å². The van der Waals surface area contributed by atoms with Gasteiger partial charge in [-0.3, -0.25) is 9.59 Å². The predicted molar refractivity (Wildman–Crippen MR) is 56.7 cm³/mol. The molecule has 5 heteroatoms. The number of pyridine rings is 1. The van der Waals surface area contributed by atoms with Gasteiger partial charge in [0.1, 0.15) is 5.82 Å². The summed E-state index contributed by atoms with van der Waals surface area (Å²) in [6.07, 6.45) is 1.44. The summed E-state index contributed by atoms with van der Waals surface area (Å²) in [5, 5.41) is 2.79. The highest BCUT2D eigenvalue weighted by Crippen LogP contribution is 2.06. The van der Waals surface area contributed by atoms with Gasteiger partial charge in [-0.25, -0.2) is 4.98 Å². The van der Waals surface area contributed by atoms with Crippen molar-refractivity contribution in [2.24, 2.45) is 0 Å². The average molecular weight is 257 g/mol. The van der Waals surface area contributed by atoms with Crippen LogP contribution in [0.5, 0.6) is 0 Å². The van der Waals surface area contributed by atoms with E-state index in [9.17, 15) is 9.59 Å². The van der Waals surface area contributed by atoms with Crippen molar-refractivity contribution in [2.75, 3.05) is 10.6 Å². The number of halogens is 1. The number of ketones is 1. The van der Waals surface area contributed by atoms with E-state index in [1.807, 2.05) is 0 Å². The van der Waals surface area contributed by atoms with Gasteiger partial charge in [0.05, 0.1) is 5.33 Å². The van der Waals surface area contributed by atoms with Crippen LogP contribution < -0.4 is 5.32 Å². The first-order valence-electron chi connectivity index (χ1n) is 3.96. The molecule has 0 atom stereocenters. The molecule has 0 spiro atoms. The van der Waals surface area contributed by atoms with Crippen LogP contribution in [-0.4, -0.2) is 22.0 Å². The Bertz CT molecular complexity index is 348. The number of carbonyl (C=O) groups is 2. The molecule has 74 valence electrons. The van der Waals surface area contributed by atoms with Gasteiger partial charge in [0.2, 0.25) is 5.91 Å². The molecular formula is C9H9BrN2O2. The maximum atomic E-state index is 11.2. The molecule has 0 saturated heterocycles. The Hall–Kier alpha value is -1.23. The summed E-state index contributed by atoms with van der Waals surface area (Å²) in [5.41, 5.74) is 0.524. The lowest BCUT2D eigenvalue weighted by molar-refractivity contribution is -0.114. The van der Waals surface area contributed by atoms with E-state index < -0.39 is 0 Å². The smallest absolute Gasteiger partial charge is 0.222 e. The molecule has 0 aliphatic carbocycles. The second-order valence-corrected chi connectivity index (χ2v) is 3.23. The number of amides is 1. The average Bonchev–Trinajstić information content (AvgIpc) is 2.17. The summed E-state index contributed by atoms with van der Waals surface area (Å²) in [4.78, 5) is 25.7. The first-order valence-corrected chi connectivity index (χ1v) is 5.08. The minimum atomic E-state index is -0.183. The van der Waals surface area contributed by atoms with Crippen LogP contribution in [-0.2, 0) is 4.79 Å². The first-order chi connectivity index (χ1) is 6.63. The molecule has 1 rings (SSSR count). The van der Waals surface area contributed by atoms with Crippen molar-refractivity contribution >= 4 is 33.4 Å². The molecule has 0 saturated carbocycles. The lowest BCUT2D eigenvalue weighted by Crippen LogP contribution is -2.08. The molecule has 0 unspecified atom stereocenters. The van der Waals surface area contributed by atoms with Gasteiger partial charge >= 0.3 is 0 Å². The van der Waals surface area contributed by atoms with Crippen LogP contribution in [0.25, 0.3) is 0 Å². The van der Waals surface area contributed by atoms with Crippen molar-refractivity contribution in [1.82, 2.24) is 4.98 Å². The minimum Gasteiger partial charge on any atom is -0.311 e. The summed E-state index contributed by atoms with van der Waals surface area (Å²) < 4.78 is 0. The molecule has 14 heavy (non-hydrogen) atoms. The van der Waals surface area contributed by atoms with Gasteiger partial charge < -0.3 is 5.32 Å². The quantitative estimate of drug-likeness (QED) is 0.661. The molecule has 0 radical (unpaired) electrons. The molecule has 1 amide bonds. The third kappa shape index (κ3) is 2.92. The molecule has 4 nitrogen and oxygen atoms in total. The van der Waals surface area contributed by atoms with E-state index in [1.54, 1.807) is 12.1 Å².